The molecule has 0 saturated carbocycles. The third kappa shape index (κ3) is 2.80. The number of nitrogens with zero attached hydrogens (tertiary/aromatic N) is 2. The van der Waals surface area contributed by atoms with Crippen molar-refractivity contribution in [3.63, 3.8) is 0 Å². The van der Waals surface area contributed by atoms with E-state index in [2.05, 4.69) is 23.7 Å². The molecule has 2 aliphatic heterocycles. The first-order chi connectivity index (χ1) is 11.6. The molecule has 2 aliphatic rings. The zero-order chi connectivity index (χ0) is 16.7. The molecule has 2 aromatic rings. The number of hydrogen-bond acceptors (Lipinski definition) is 3. The summed E-state index contributed by atoms with van der Waals surface area (Å²) in [6.45, 7) is 5.67. The maximum absolute atomic E-state index is 12.7. The van der Waals surface area contributed by atoms with Crippen LogP contribution in [0.15, 0.2) is 35.1 Å². The summed E-state index contributed by atoms with van der Waals surface area (Å²) in [6.07, 6.45) is 4.18. The van der Waals surface area contributed by atoms with Gasteiger partial charge in [-0.3, -0.25) is 9.69 Å². The van der Waals surface area contributed by atoms with E-state index < -0.39 is 0 Å². The number of benzene rings is 1. The van der Waals surface area contributed by atoms with Crippen LogP contribution in [0, 0.1) is 5.92 Å². The molecule has 4 nitrogen and oxygen atoms in total. The predicted molar refractivity (Wildman–Crippen MR) is 96.1 cm³/mol. The van der Waals surface area contributed by atoms with E-state index >= 15 is 0 Å². The normalized spacial score (nSPS) is 23.3. The van der Waals surface area contributed by atoms with Crippen molar-refractivity contribution in [3.8, 4) is 11.4 Å². The molecule has 0 amide bonds. The summed E-state index contributed by atoms with van der Waals surface area (Å²) in [6, 6.07) is 11.0. The van der Waals surface area contributed by atoms with E-state index in [-0.39, 0.29) is 5.56 Å². The lowest BCUT2D eigenvalue weighted by Gasteiger charge is -2.29. The van der Waals surface area contributed by atoms with Gasteiger partial charge in [0.2, 0.25) is 0 Å². The highest BCUT2D eigenvalue weighted by Crippen LogP contribution is 2.33. The lowest BCUT2D eigenvalue weighted by molar-refractivity contribution is 0.175. The minimum Gasteiger partial charge on any atom is -0.306 e. The standard InChI is InChI=1S/C20H25N3O/c1-13(2)12-23-15-8-9-16(23)11-18-17(10-15)20(24)22-19(21-18)14-6-4-3-5-7-14/h3-7,13,15-16H,8-12H2,1-2H3,(H,21,22,24)/t15-,16+/m1/s1. The molecule has 1 fully saturated rings. The van der Waals surface area contributed by atoms with Gasteiger partial charge >= 0.3 is 0 Å². The molecule has 0 radical (unpaired) electrons. The van der Waals surface area contributed by atoms with Crippen LogP contribution in [0.3, 0.4) is 0 Å². The van der Waals surface area contributed by atoms with Crippen LogP contribution in [0.4, 0.5) is 0 Å². The van der Waals surface area contributed by atoms with Crippen molar-refractivity contribution < 1.29 is 0 Å². The minimum absolute atomic E-state index is 0.0518. The molecule has 0 aliphatic carbocycles. The Morgan fingerprint density at radius 1 is 1.17 bits per heavy atom. The molecule has 1 aromatic heterocycles. The van der Waals surface area contributed by atoms with Gasteiger partial charge in [0.1, 0.15) is 5.82 Å². The van der Waals surface area contributed by atoms with Gasteiger partial charge in [-0.25, -0.2) is 4.98 Å². The topological polar surface area (TPSA) is 49.0 Å². The fourth-order valence-corrected chi connectivity index (χ4v) is 4.29. The van der Waals surface area contributed by atoms with Crippen LogP contribution in [0.5, 0.6) is 0 Å². The molecular weight excluding hydrogens is 298 g/mol. The number of rotatable bonds is 3. The zero-order valence-corrected chi connectivity index (χ0v) is 14.5. The van der Waals surface area contributed by atoms with Crippen LogP contribution < -0.4 is 5.56 Å². The molecule has 2 bridgehead atoms. The quantitative estimate of drug-likeness (QED) is 0.944. The third-order valence-electron chi connectivity index (χ3n) is 5.36. The number of hydrogen-bond donors (Lipinski definition) is 1. The molecule has 4 rings (SSSR count). The van der Waals surface area contributed by atoms with Crippen molar-refractivity contribution >= 4 is 0 Å². The molecule has 24 heavy (non-hydrogen) atoms. The first kappa shape index (κ1) is 15.6. The molecule has 1 N–H and O–H groups in total. The Morgan fingerprint density at radius 2 is 1.88 bits per heavy atom. The average molecular weight is 323 g/mol. The maximum Gasteiger partial charge on any atom is 0.254 e. The van der Waals surface area contributed by atoms with Gasteiger partial charge in [0.15, 0.2) is 0 Å². The number of fused-ring (bicyclic) bond motifs is 3. The Balaban J connectivity index is 1.72. The number of aromatic amines is 1. The summed E-state index contributed by atoms with van der Waals surface area (Å²) < 4.78 is 0. The lowest BCUT2D eigenvalue weighted by Crippen LogP contribution is -2.39. The Hall–Kier alpha value is -1.94. The van der Waals surface area contributed by atoms with Crippen LogP contribution in [0.1, 0.15) is 37.9 Å². The van der Waals surface area contributed by atoms with Gasteiger partial charge in [0.25, 0.3) is 5.56 Å². The zero-order valence-electron chi connectivity index (χ0n) is 14.5. The fraction of sp³-hybridized carbons (Fsp3) is 0.500. The van der Waals surface area contributed by atoms with E-state index in [1.807, 2.05) is 30.3 Å². The molecular formula is C20H25N3O. The molecule has 0 unspecified atom stereocenters. The molecule has 1 saturated heterocycles. The van der Waals surface area contributed by atoms with E-state index in [1.54, 1.807) is 0 Å². The van der Waals surface area contributed by atoms with Crippen molar-refractivity contribution in [2.24, 2.45) is 5.92 Å². The highest BCUT2D eigenvalue weighted by Gasteiger charge is 2.38. The van der Waals surface area contributed by atoms with E-state index in [1.165, 1.54) is 12.8 Å². The molecule has 3 heterocycles. The second-order valence-corrected chi connectivity index (χ2v) is 7.59. The van der Waals surface area contributed by atoms with E-state index in [0.717, 1.165) is 36.2 Å². The third-order valence-corrected chi connectivity index (χ3v) is 5.36. The summed E-state index contributed by atoms with van der Waals surface area (Å²) in [4.78, 5) is 23.2. The van der Waals surface area contributed by atoms with Gasteiger partial charge in [0, 0.05) is 36.2 Å². The van der Waals surface area contributed by atoms with Crippen LogP contribution in [-0.4, -0.2) is 33.5 Å². The number of H-pyrrole nitrogens is 1. The number of nitrogens with one attached hydrogen (secondary N) is 1. The summed E-state index contributed by atoms with van der Waals surface area (Å²) in [7, 11) is 0. The van der Waals surface area contributed by atoms with Crippen molar-refractivity contribution in [2.75, 3.05) is 6.54 Å². The second-order valence-electron chi connectivity index (χ2n) is 7.59. The first-order valence-electron chi connectivity index (χ1n) is 9.05. The van der Waals surface area contributed by atoms with E-state index in [0.29, 0.717) is 23.8 Å². The van der Waals surface area contributed by atoms with Crippen LogP contribution in [-0.2, 0) is 12.8 Å². The molecule has 4 heteroatoms. The Kier molecular flexibility index (Phi) is 4.01. The summed E-state index contributed by atoms with van der Waals surface area (Å²) in [5, 5.41) is 0. The Bertz CT molecular complexity index is 781. The van der Waals surface area contributed by atoms with Gasteiger partial charge in [-0.2, -0.15) is 0 Å². The fourth-order valence-electron chi connectivity index (χ4n) is 4.29. The van der Waals surface area contributed by atoms with Crippen molar-refractivity contribution in [1.29, 1.82) is 0 Å². The van der Waals surface area contributed by atoms with Gasteiger partial charge in [-0.1, -0.05) is 44.2 Å². The van der Waals surface area contributed by atoms with Crippen molar-refractivity contribution in [3.05, 3.63) is 51.9 Å². The van der Waals surface area contributed by atoms with Gasteiger partial charge in [-0.15, -0.1) is 0 Å². The van der Waals surface area contributed by atoms with Crippen molar-refractivity contribution in [1.82, 2.24) is 14.9 Å². The van der Waals surface area contributed by atoms with E-state index in [4.69, 9.17) is 4.98 Å². The molecule has 1 aromatic carbocycles. The summed E-state index contributed by atoms with van der Waals surface area (Å²) in [5.41, 5.74) is 2.95. The van der Waals surface area contributed by atoms with Gasteiger partial charge in [0.05, 0.1) is 5.69 Å². The SMILES string of the molecule is CC(C)CN1[C@@H]2CC[C@H]1Cc1nc(-c3ccccc3)[nH]c(=O)c1C2. The molecule has 126 valence electrons. The number of aromatic nitrogens is 2. The minimum atomic E-state index is 0.0518. The molecule has 0 spiro atoms. The Morgan fingerprint density at radius 3 is 2.58 bits per heavy atom. The lowest BCUT2D eigenvalue weighted by atomic mass is 9.98. The van der Waals surface area contributed by atoms with Crippen LogP contribution in [0.25, 0.3) is 11.4 Å². The maximum atomic E-state index is 12.7. The smallest absolute Gasteiger partial charge is 0.254 e. The van der Waals surface area contributed by atoms with Gasteiger partial charge in [-0.05, 0) is 25.2 Å². The van der Waals surface area contributed by atoms with Crippen LogP contribution in [0.2, 0.25) is 0 Å². The second kappa shape index (κ2) is 6.17. The highest BCUT2D eigenvalue weighted by molar-refractivity contribution is 5.54. The monoisotopic (exact) mass is 323 g/mol. The Labute approximate surface area is 142 Å². The highest BCUT2D eigenvalue weighted by atomic mass is 16.1. The summed E-state index contributed by atoms with van der Waals surface area (Å²) >= 11 is 0. The van der Waals surface area contributed by atoms with Crippen molar-refractivity contribution in [2.45, 2.75) is 51.6 Å². The molecule has 2 atom stereocenters. The predicted octanol–water partition coefficient (Wildman–Crippen LogP) is 3.02. The van der Waals surface area contributed by atoms with Gasteiger partial charge < -0.3 is 4.98 Å². The average Bonchev–Trinajstić information content (AvgIpc) is 2.83. The first-order valence-corrected chi connectivity index (χ1v) is 9.05. The van der Waals surface area contributed by atoms with E-state index in [9.17, 15) is 4.79 Å². The van der Waals surface area contributed by atoms with Crippen LogP contribution >= 0.6 is 0 Å². The summed E-state index contributed by atoms with van der Waals surface area (Å²) in [5.74, 6) is 1.35. The largest absolute Gasteiger partial charge is 0.306 e.